The highest BCUT2D eigenvalue weighted by molar-refractivity contribution is 14.0. The standard InChI is InChI=1S/C13H21N3O.HI/c1-3-8-14-13(15-9-4-2)16-10-7-12-6-5-11-17-12;/h3,5-6,11H,1,4,7-10H2,2H3,(H2,14,15,16);1H. The molecule has 0 spiro atoms. The zero-order valence-electron chi connectivity index (χ0n) is 10.8. The second-order valence-corrected chi connectivity index (χ2v) is 3.66. The lowest BCUT2D eigenvalue weighted by atomic mass is 10.3. The lowest BCUT2D eigenvalue weighted by Crippen LogP contribution is -2.38. The molecule has 0 aliphatic carbocycles. The van der Waals surface area contributed by atoms with Gasteiger partial charge < -0.3 is 15.1 Å². The maximum atomic E-state index is 5.26. The maximum Gasteiger partial charge on any atom is 0.191 e. The van der Waals surface area contributed by atoms with Crippen molar-refractivity contribution in [1.29, 1.82) is 0 Å². The number of hydrogen-bond donors (Lipinski definition) is 2. The van der Waals surface area contributed by atoms with Crippen molar-refractivity contribution >= 4 is 29.9 Å². The second kappa shape index (κ2) is 11.1. The third-order valence-corrected chi connectivity index (χ3v) is 2.15. The fourth-order valence-corrected chi connectivity index (χ4v) is 1.33. The van der Waals surface area contributed by atoms with Crippen molar-refractivity contribution in [2.24, 2.45) is 4.99 Å². The van der Waals surface area contributed by atoms with Crippen LogP contribution in [0.2, 0.25) is 0 Å². The van der Waals surface area contributed by atoms with Crippen molar-refractivity contribution in [3.8, 4) is 0 Å². The van der Waals surface area contributed by atoms with Crippen LogP contribution in [0.25, 0.3) is 0 Å². The molecule has 0 saturated heterocycles. The Bertz CT molecular complexity index is 336. The molecule has 0 bridgehead atoms. The summed E-state index contributed by atoms with van der Waals surface area (Å²) in [7, 11) is 0. The van der Waals surface area contributed by atoms with Crippen LogP contribution in [0.5, 0.6) is 0 Å². The lowest BCUT2D eigenvalue weighted by molar-refractivity contribution is 0.507. The zero-order chi connectivity index (χ0) is 12.3. The van der Waals surface area contributed by atoms with E-state index in [1.54, 1.807) is 6.26 Å². The Morgan fingerprint density at radius 1 is 1.50 bits per heavy atom. The minimum absolute atomic E-state index is 0. The number of hydrogen-bond acceptors (Lipinski definition) is 2. The molecule has 0 fully saturated rings. The van der Waals surface area contributed by atoms with Crippen LogP contribution >= 0.6 is 24.0 Å². The molecule has 5 heteroatoms. The van der Waals surface area contributed by atoms with Crippen molar-refractivity contribution in [2.75, 3.05) is 19.6 Å². The largest absolute Gasteiger partial charge is 0.469 e. The number of aliphatic imine (C=N–C) groups is 1. The lowest BCUT2D eigenvalue weighted by Gasteiger charge is -2.10. The molecule has 0 amide bonds. The molecule has 0 unspecified atom stereocenters. The molecule has 1 rings (SSSR count). The third-order valence-electron chi connectivity index (χ3n) is 2.15. The van der Waals surface area contributed by atoms with Gasteiger partial charge in [0.2, 0.25) is 0 Å². The van der Waals surface area contributed by atoms with E-state index in [9.17, 15) is 0 Å². The van der Waals surface area contributed by atoms with Gasteiger partial charge in [-0.1, -0.05) is 13.0 Å². The molecule has 0 radical (unpaired) electrons. The summed E-state index contributed by atoms with van der Waals surface area (Å²) in [4.78, 5) is 4.41. The fourth-order valence-electron chi connectivity index (χ4n) is 1.33. The molecule has 1 aromatic rings. The number of rotatable bonds is 7. The minimum Gasteiger partial charge on any atom is -0.469 e. The monoisotopic (exact) mass is 363 g/mol. The highest BCUT2D eigenvalue weighted by Gasteiger charge is 1.98. The predicted molar refractivity (Wildman–Crippen MR) is 86.6 cm³/mol. The van der Waals surface area contributed by atoms with Gasteiger partial charge in [0.25, 0.3) is 0 Å². The Labute approximate surface area is 126 Å². The van der Waals surface area contributed by atoms with Gasteiger partial charge in [-0.05, 0) is 18.6 Å². The molecule has 1 heterocycles. The van der Waals surface area contributed by atoms with Gasteiger partial charge in [-0.3, -0.25) is 4.99 Å². The van der Waals surface area contributed by atoms with Crippen LogP contribution < -0.4 is 10.6 Å². The highest BCUT2D eigenvalue weighted by Crippen LogP contribution is 1.99. The molecule has 102 valence electrons. The molecule has 0 atom stereocenters. The summed E-state index contributed by atoms with van der Waals surface area (Å²) in [5, 5.41) is 6.43. The van der Waals surface area contributed by atoms with Crippen molar-refractivity contribution in [3.63, 3.8) is 0 Å². The maximum absolute atomic E-state index is 5.26. The van der Waals surface area contributed by atoms with E-state index in [0.717, 1.165) is 44.2 Å². The van der Waals surface area contributed by atoms with E-state index in [-0.39, 0.29) is 24.0 Å². The first-order chi connectivity index (χ1) is 8.36. The summed E-state index contributed by atoms with van der Waals surface area (Å²) in [6.45, 7) is 8.13. The Morgan fingerprint density at radius 3 is 2.94 bits per heavy atom. The van der Waals surface area contributed by atoms with Crippen LogP contribution in [0.15, 0.2) is 40.5 Å². The van der Waals surface area contributed by atoms with Gasteiger partial charge in [0.05, 0.1) is 6.26 Å². The SMILES string of the molecule is C=CCNC(=NCCC)NCCc1ccco1.I. The van der Waals surface area contributed by atoms with Gasteiger partial charge in [-0.15, -0.1) is 30.6 Å². The van der Waals surface area contributed by atoms with Crippen molar-refractivity contribution in [2.45, 2.75) is 19.8 Å². The molecular weight excluding hydrogens is 341 g/mol. The Balaban J connectivity index is 0.00000289. The molecule has 0 aromatic carbocycles. The van der Waals surface area contributed by atoms with Gasteiger partial charge in [-0.2, -0.15) is 0 Å². The summed E-state index contributed by atoms with van der Waals surface area (Å²) >= 11 is 0. The number of halogens is 1. The van der Waals surface area contributed by atoms with Gasteiger partial charge in [0, 0.05) is 26.1 Å². The smallest absolute Gasteiger partial charge is 0.191 e. The Kier molecular flexibility index (Phi) is 10.5. The van der Waals surface area contributed by atoms with Gasteiger partial charge in [0.15, 0.2) is 5.96 Å². The number of furan rings is 1. The molecule has 4 nitrogen and oxygen atoms in total. The Hall–Kier alpha value is -0.980. The topological polar surface area (TPSA) is 49.6 Å². The van der Waals surface area contributed by atoms with Gasteiger partial charge in [-0.25, -0.2) is 0 Å². The first kappa shape index (κ1) is 17.0. The highest BCUT2D eigenvalue weighted by atomic mass is 127. The van der Waals surface area contributed by atoms with Crippen LogP contribution in [0.1, 0.15) is 19.1 Å². The summed E-state index contributed by atoms with van der Waals surface area (Å²) in [5.41, 5.74) is 0. The van der Waals surface area contributed by atoms with E-state index in [2.05, 4.69) is 29.1 Å². The van der Waals surface area contributed by atoms with Gasteiger partial charge in [0.1, 0.15) is 5.76 Å². The Morgan fingerprint density at radius 2 is 2.33 bits per heavy atom. The molecule has 0 aliphatic rings. The van der Waals surface area contributed by atoms with E-state index >= 15 is 0 Å². The molecule has 0 saturated carbocycles. The third kappa shape index (κ3) is 7.37. The summed E-state index contributed by atoms with van der Waals surface area (Å²) < 4.78 is 5.26. The molecule has 18 heavy (non-hydrogen) atoms. The number of nitrogens with one attached hydrogen (secondary N) is 2. The van der Waals surface area contributed by atoms with E-state index < -0.39 is 0 Å². The zero-order valence-corrected chi connectivity index (χ0v) is 13.1. The molecular formula is C13H22IN3O. The normalized spacial score (nSPS) is 10.6. The van der Waals surface area contributed by atoms with Crippen LogP contribution in [0, 0.1) is 0 Å². The minimum atomic E-state index is 0. The van der Waals surface area contributed by atoms with E-state index in [1.165, 1.54) is 0 Å². The van der Waals surface area contributed by atoms with Crippen LogP contribution in [0.3, 0.4) is 0 Å². The van der Waals surface area contributed by atoms with E-state index in [1.807, 2.05) is 18.2 Å². The van der Waals surface area contributed by atoms with E-state index in [0.29, 0.717) is 0 Å². The molecule has 2 N–H and O–H groups in total. The summed E-state index contributed by atoms with van der Waals surface area (Å²) in [5.74, 6) is 1.81. The fraction of sp³-hybridized carbons (Fsp3) is 0.462. The van der Waals surface area contributed by atoms with Crippen LogP contribution in [-0.4, -0.2) is 25.6 Å². The first-order valence-electron chi connectivity index (χ1n) is 6.02. The quantitative estimate of drug-likeness (QED) is 0.339. The van der Waals surface area contributed by atoms with Crippen molar-refractivity contribution in [3.05, 3.63) is 36.8 Å². The summed E-state index contributed by atoms with van der Waals surface area (Å²) in [6.07, 6.45) is 5.40. The number of nitrogens with zero attached hydrogens (tertiary/aromatic N) is 1. The van der Waals surface area contributed by atoms with Gasteiger partial charge >= 0.3 is 0 Å². The number of guanidine groups is 1. The predicted octanol–water partition coefficient (Wildman–Crippen LogP) is 2.57. The molecule has 0 aliphatic heterocycles. The molecule has 1 aromatic heterocycles. The van der Waals surface area contributed by atoms with Crippen LogP contribution in [0.4, 0.5) is 0 Å². The van der Waals surface area contributed by atoms with Crippen molar-refractivity contribution < 1.29 is 4.42 Å². The summed E-state index contributed by atoms with van der Waals surface area (Å²) in [6, 6.07) is 3.87. The first-order valence-corrected chi connectivity index (χ1v) is 6.02. The van der Waals surface area contributed by atoms with Crippen LogP contribution in [-0.2, 0) is 6.42 Å². The average molecular weight is 363 g/mol. The average Bonchev–Trinajstić information content (AvgIpc) is 2.85. The second-order valence-electron chi connectivity index (χ2n) is 3.66. The van der Waals surface area contributed by atoms with E-state index in [4.69, 9.17) is 4.42 Å². The van der Waals surface area contributed by atoms with Crippen molar-refractivity contribution in [1.82, 2.24) is 10.6 Å².